The number of benzene rings is 2. The van der Waals surface area contributed by atoms with Gasteiger partial charge in [0.05, 0.1) is 10.0 Å². The SMILES string of the molecule is CNc1n[nH]c(Nc2cc(Cl)c(Sc3ccccc3)c(Cl)c2)n1. The minimum absolute atomic E-state index is 0.501. The molecule has 0 aliphatic heterocycles. The third-order valence-corrected chi connectivity index (χ3v) is 4.91. The third-order valence-electron chi connectivity index (χ3n) is 2.93. The molecule has 3 aromatic rings. The fraction of sp³-hybridized carbons (Fsp3) is 0.0667. The first-order chi connectivity index (χ1) is 11.2. The van der Waals surface area contributed by atoms with Crippen molar-refractivity contribution in [2.75, 3.05) is 17.7 Å². The van der Waals surface area contributed by atoms with Gasteiger partial charge in [0.1, 0.15) is 0 Å². The number of nitrogens with zero attached hydrogens (tertiary/aromatic N) is 2. The molecule has 1 heterocycles. The van der Waals surface area contributed by atoms with Gasteiger partial charge in [0, 0.05) is 22.5 Å². The van der Waals surface area contributed by atoms with Gasteiger partial charge in [0.25, 0.3) is 0 Å². The summed E-state index contributed by atoms with van der Waals surface area (Å²) in [6, 6.07) is 13.6. The van der Waals surface area contributed by atoms with Crippen molar-refractivity contribution in [3.63, 3.8) is 0 Å². The lowest BCUT2D eigenvalue weighted by molar-refractivity contribution is 1.09. The summed E-state index contributed by atoms with van der Waals surface area (Å²) in [7, 11) is 1.75. The van der Waals surface area contributed by atoms with E-state index in [1.807, 2.05) is 30.3 Å². The standard InChI is InChI=1S/C15H13Cl2N5S/c1-18-14-20-15(22-21-14)19-9-7-11(16)13(12(17)8-9)23-10-5-3-2-4-6-10/h2-8H,1H3,(H3,18,19,20,21,22). The predicted molar refractivity (Wildman–Crippen MR) is 96.2 cm³/mol. The van der Waals surface area contributed by atoms with Crippen molar-refractivity contribution in [2.24, 2.45) is 0 Å². The Kier molecular flexibility index (Phi) is 4.95. The number of hydrogen-bond acceptors (Lipinski definition) is 5. The lowest BCUT2D eigenvalue weighted by Crippen LogP contribution is -1.94. The molecule has 0 radical (unpaired) electrons. The zero-order valence-corrected chi connectivity index (χ0v) is 14.4. The van der Waals surface area contributed by atoms with Crippen LogP contribution in [0.2, 0.25) is 10.0 Å². The summed E-state index contributed by atoms with van der Waals surface area (Å²) in [4.78, 5) is 6.09. The normalized spacial score (nSPS) is 10.6. The summed E-state index contributed by atoms with van der Waals surface area (Å²) in [5.74, 6) is 1.01. The molecule has 3 rings (SSSR count). The molecule has 5 nitrogen and oxygen atoms in total. The molecule has 0 saturated heterocycles. The topological polar surface area (TPSA) is 65.6 Å². The van der Waals surface area contributed by atoms with E-state index in [0.29, 0.717) is 21.9 Å². The lowest BCUT2D eigenvalue weighted by Gasteiger charge is -2.10. The number of anilines is 3. The van der Waals surface area contributed by atoms with Gasteiger partial charge in [-0.25, -0.2) is 5.10 Å². The second kappa shape index (κ2) is 7.12. The Morgan fingerprint density at radius 2 is 1.78 bits per heavy atom. The highest BCUT2D eigenvalue weighted by Gasteiger charge is 2.11. The van der Waals surface area contributed by atoms with Crippen LogP contribution >= 0.6 is 35.0 Å². The summed E-state index contributed by atoms with van der Waals surface area (Å²) < 4.78 is 0. The van der Waals surface area contributed by atoms with Gasteiger partial charge in [-0.3, -0.25) is 0 Å². The molecule has 3 N–H and O–H groups in total. The smallest absolute Gasteiger partial charge is 0.243 e. The van der Waals surface area contributed by atoms with Crippen LogP contribution < -0.4 is 10.6 Å². The number of aromatic amines is 1. The molecule has 0 spiro atoms. The molecule has 0 unspecified atom stereocenters. The lowest BCUT2D eigenvalue weighted by atomic mass is 10.3. The molecule has 118 valence electrons. The van der Waals surface area contributed by atoms with Gasteiger partial charge in [0.15, 0.2) is 0 Å². The summed E-state index contributed by atoms with van der Waals surface area (Å²) >= 11 is 14.3. The van der Waals surface area contributed by atoms with Crippen molar-refractivity contribution in [1.29, 1.82) is 0 Å². The first-order valence-corrected chi connectivity index (χ1v) is 8.32. The summed E-state index contributed by atoms with van der Waals surface area (Å²) in [5, 5.41) is 13.8. The summed E-state index contributed by atoms with van der Waals surface area (Å²) in [6.07, 6.45) is 0. The molecule has 23 heavy (non-hydrogen) atoms. The molecule has 0 atom stereocenters. The molecular formula is C15H13Cl2N5S. The molecule has 0 bridgehead atoms. The molecule has 0 fully saturated rings. The van der Waals surface area contributed by atoms with Crippen LogP contribution in [0.1, 0.15) is 0 Å². The largest absolute Gasteiger partial charge is 0.356 e. The summed E-state index contributed by atoms with van der Waals surface area (Å²) in [6.45, 7) is 0. The average molecular weight is 366 g/mol. The Labute approximate surface area is 147 Å². The van der Waals surface area contributed by atoms with Gasteiger partial charge < -0.3 is 10.6 Å². The Hall–Kier alpha value is -1.89. The van der Waals surface area contributed by atoms with Crippen molar-refractivity contribution in [1.82, 2.24) is 15.2 Å². The van der Waals surface area contributed by atoms with Crippen LogP contribution in [-0.4, -0.2) is 22.2 Å². The third kappa shape index (κ3) is 3.90. The van der Waals surface area contributed by atoms with Gasteiger partial charge in [0.2, 0.25) is 11.9 Å². The fourth-order valence-electron chi connectivity index (χ4n) is 1.90. The first-order valence-electron chi connectivity index (χ1n) is 6.75. The highest BCUT2D eigenvalue weighted by molar-refractivity contribution is 7.99. The van der Waals surface area contributed by atoms with Gasteiger partial charge in [-0.15, -0.1) is 5.10 Å². The highest BCUT2D eigenvalue weighted by atomic mass is 35.5. The van der Waals surface area contributed by atoms with Crippen LogP contribution in [0.15, 0.2) is 52.3 Å². The maximum atomic E-state index is 6.38. The number of nitrogens with one attached hydrogen (secondary N) is 3. The maximum absolute atomic E-state index is 6.38. The molecule has 0 amide bonds. The molecule has 0 aliphatic carbocycles. The van der Waals surface area contributed by atoms with Crippen LogP contribution in [0.3, 0.4) is 0 Å². The minimum atomic E-state index is 0.501. The van der Waals surface area contributed by atoms with Crippen LogP contribution in [0.5, 0.6) is 0 Å². The van der Waals surface area contributed by atoms with Crippen LogP contribution in [0.25, 0.3) is 0 Å². The zero-order valence-electron chi connectivity index (χ0n) is 12.1. The van der Waals surface area contributed by atoms with Crippen molar-refractivity contribution in [2.45, 2.75) is 9.79 Å². The van der Waals surface area contributed by atoms with Crippen molar-refractivity contribution >= 4 is 52.5 Å². The zero-order chi connectivity index (χ0) is 16.2. The van der Waals surface area contributed by atoms with Crippen LogP contribution in [-0.2, 0) is 0 Å². The number of hydrogen-bond donors (Lipinski definition) is 3. The van der Waals surface area contributed by atoms with E-state index < -0.39 is 0 Å². The minimum Gasteiger partial charge on any atom is -0.356 e. The van der Waals surface area contributed by atoms with Gasteiger partial charge in [-0.2, -0.15) is 4.98 Å². The number of halogens is 2. The van der Waals surface area contributed by atoms with E-state index in [2.05, 4.69) is 25.8 Å². The number of H-pyrrole nitrogens is 1. The Balaban J connectivity index is 1.82. The van der Waals surface area contributed by atoms with Gasteiger partial charge in [-0.1, -0.05) is 53.2 Å². The van der Waals surface area contributed by atoms with Crippen LogP contribution in [0, 0.1) is 0 Å². The van der Waals surface area contributed by atoms with E-state index in [1.165, 1.54) is 11.8 Å². The van der Waals surface area contributed by atoms with E-state index in [4.69, 9.17) is 23.2 Å². The molecular weight excluding hydrogens is 353 g/mol. The molecule has 1 aromatic heterocycles. The summed E-state index contributed by atoms with van der Waals surface area (Å²) in [5.41, 5.74) is 0.733. The molecule has 2 aromatic carbocycles. The molecule has 0 saturated carbocycles. The molecule has 8 heteroatoms. The Morgan fingerprint density at radius 3 is 2.39 bits per heavy atom. The average Bonchev–Trinajstić information content (AvgIpc) is 2.99. The van der Waals surface area contributed by atoms with E-state index in [9.17, 15) is 0 Å². The van der Waals surface area contributed by atoms with Gasteiger partial charge >= 0.3 is 0 Å². The van der Waals surface area contributed by atoms with Crippen molar-refractivity contribution in [3.05, 3.63) is 52.5 Å². The first kappa shape index (κ1) is 16.0. The monoisotopic (exact) mass is 365 g/mol. The Bertz CT molecular complexity index is 784. The van der Waals surface area contributed by atoms with E-state index in [1.54, 1.807) is 19.2 Å². The predicted octanol–water partition coefficient (Wildman–Crippen LogP) is 5.05. The van der Waals surface area contributed by atoms with Crippen molar-refractivity contribution < 1.29 is 0 Å². The molecule has 0 aliphatic rings. The maximum Gasteiger partial charge on any atom is 0.243 e. The second-order valence-electron chi connectivity index (χ2n) is 4.57. The van der Waals surface area contributed by atoms with Crippen LogP contribution in [0.4, 0.5) is 17.6 Å². The van der Waals surface area contributed by atoms with E-state index in [-0.39, 0.29) is 0 Å². The second-order valence-corrected chi connectivity index (χ2v) is 6.46. The van der Waals surface area contributed by atoms with E-state index >= 15 is 0 Å². The van der Waals surface area contributed by atoms with Crippen molar-refractivity contribution in [3.8, 4) is 0 Å². The Morgan fingerprint density at radius 1 is 1.09 bits per heavy atom. The highest BCUT2D eigenvalue weighted by Crippen LogP contribution is 2.40. The van der Waals surface area contributed by atoms with E-state index in [0.717, 1.165) is 15.5 Å². The fourth-order valence-corrected chi connectivity index (χ4v) is 3.46. The number of aromatic nitrogens is 3. The number of rotatable bonds is 5. The quantitative estimate of drug-likeness (QED) is 0.590. The van der Waals surface area contributed by atoms with Gasteiger partial charge in [-0.05, 0) is 24.3 Å².